The van der Waals surface area contributed by atoms with E-state index in [0.717, 1.165) is 12.3 Å². The molecule has 2 atom stereocenters. The van der Waals surface area contributed by atoms with Gasteiger partial charge >= 0.3 is 6.18 Å². The van der Waals surface area contributed by atoms with Crippen LogP contribution in [0.1, 0.15) is 29.9 Å². The second-order valence-corrected chi connectivity index (χ2v) is 6.57. The van der Waals surface area contributed by atoms with Gasteiger partial charge in [-0.15, -0.1) is 0 Å². The molecule has 0 bridgehead atoms. The zero-order valence-electron chi connectivity index (χ0n) is 10.4. The van der Waals surface area contributed by atoms with Gasteiger partial charge in [-0.2, -0.15) is 13.2 Å². The monoisotopic (exact) mass is 280 g/mol. The number of nitrogens with zero attached hydrogens (tertiary/aromatic N) is 2. The molecule has 3 nitrogen and oxygen atoms in total. The number of aromatic nitrogens is 1. The van der Waals surface area contributed by atoms with Crippen LogP contribution in [-0.4, -0.2) is 22.5 Å². The van der Waals surface area contributed by atoms with Gasteiger partial charge in [-0.3, -0.25) is 4.98 Å². The van der Waals surface area contributed by atoms with E-state index in [1.165, 1.54) is 19.4 Å². The van der Waals surface area contributed by atoms with Crippen molar-refractivity contribution >= 4 is 9.73 Å². The van der Waals surface area contributed by atoms with Crippen molar-refractivity contribution < 1.29 is 17.4 Å². The van der Waals surface area contributed by atoms with Gasteiger partial charge in [-0.25, -0.2) is 8.57 Å². The summed E-state index contributed by atoms with van der Waals surface area (Å²) in [6.45, 7) is 1.82. The summed E-state index contributed by atoms with van der Waals surface area (Å²) >= 11 is 0. The van der Waals surface area contributed by atoms with Gasteiger partial charge in [0.1, 0.15) is 5.69 Å². The summed E-state index contributed by atoms with van der Waals surface area (Å²) in [5.41, 5.74) is -0.430. The fourth-order valence-electron chi connectivity index (χ4n) is 1.69. The van der Waals surface area contributed by atoms with Crippen LogP contribution in [0.25, 0.3) is 0 Å². The third-order valence-electron chi connectivity index (χ3n) is 2.71. The molecule has 0 spiro atoms. The Morgan fingerprint density at radius 1 is 1.44 bits per heavy atom. The molecule has 0 radical (unpaired) electrons. The SMILES string of the molecule is CCC(c1ccc(C(F)(F)F)nc1)S(C)(=O)=NC. The van der Waals surface area contributed by atoms with Gasteiger partial charge in [-0.05, 0) is 18.1 Å². The van der Waals surface area contributed by atoms with Crippen molar-refractivity contribution in [3.05, 3.63) is 29.6 Å². The summed E-state index contributed by atoms with van der Waals surface area (Å²) in [7, 11) is -1.01. The Labute approximate surface area is 105 Å². The van der Waals surface area contributed by atoms with Crippen LogP contribution in [0.15, 0.2) is 22.7 Å². The molecule has 0 aliphatic heterocycles. The Bertz CT molecular complexity index is 516. The molecule has 1 aromatic rings. The number of alkyl halides is 3. The molecule has 0 aliphatic carbocycles. The molecule has 18 heavy (non-hydrogen) atoms. The Kier molecular flexibility index (Phi) is 4.37. The van der Waals surface area contributed by atoms with Gasteiger partial charge in [0.15, 0.2) is 0 Å². The van der Waals surface area contributed by atoms with Gasteiger partial charge in [0.05, 0.1) is 15.0 Å². The van der Waals surface area contributed by atoms with E-state index in [1.54, 1.807) is 0 Å². The van der Waals surface area contributed by atoms with Gasteiger partial charge < -0.3 is 0 Å². The number of hydrogen-bond donors (Lipinski definition) is 0. The van der Waals surface area contributed by atoms with E-state index >= 15 is 0 Å². The van der Waals surface area contributed by atoms with Gasteiger partial charge in [0, 0.05) is 19.5 Å². The van der Waals surface area contributed by atoms with Crippen LogP contribution >= 0.6 is 0 Å². The van der Waals surface area contributed by atoms with Crippen molar-refractivity contribution in [3.8, 4) is 0 Å². The van der Waals surface area contributed by atoms with E-state index in [4.69, 9.17) is 0 Å². The topological polar surface area (TPSA) is 42.3 Å². The smallest absolute Gasteiger partial charge is 0.251 e. The highest BCUT2D eigenvalue weighted by molar-refractivity contribution is 7.93. The minimum atomic E-state index is -4.46. The second-order valence-electron chi connectivity index (χ2n) is 3.92. The second kappa shape index (κ2) is 5.26. The lowest BCUT2D eigenvalue weighted by molar-refractivity contribution is -0.141. The fourth-order valence-corrected chi connectivity index (χ4v) is 3.21. The summed E-state index contributed by atoms with van der Waals surface area (Å²) in [5.74, 6) is 0. The van der Waals surface area contributed by atoms with Crippen LogP contribution in [0, 0.1) is 0 Å². The zero-order chi connectivity index (χ0) is 14.0. The molecular formula is C11H15F3N2OS. The molecule has 2 unspecified atom stereocenters. The molecule has 0 amide bonds. The Balaban J connectivity index is 3.16. The highest BCUT2D eigenvalue weighted by Gasteiger charge is 2.32. The zero-order valence-corrected chi connectivity index (χ0v) is 11.2. The third kappa shape index (κ3) is 3.22. The Morgan fingerprint density at radius 3 is 2.39 bits per heavy atom. The normalized spacial score (nSPS) is 17.0. The third-order valence-corrected chi connectivity index (χ3v) is 5.10. The first-order chi connectivity index (χ1) is 8.22. The number of hydrogen-bond acceptors (Lipinski definition) is 3. The van der Waals surface area contributed by atoms with Gasteiger partial charge in [0.2, 0.25) is 0 Å². The van der Waals surface area contributed by atoms with E-state index in [-0.39, 0.29) is 0 Å². The van der Waals surface area contributed by atoms with E-state index in [1.807, 2.05) is 6.92 Å². The number of halogens is 3. The van der Waals surface area contributed by atoms with Gasteiger partial charge in [0.25, 0.3) is 0 Å². The summed E-state index contributed by atoms with van der Waals surface area (Å²) in [4.78, 5) is 3.37. The molecular weight excluding hydrogens is 265 g/mol. The quantitative estimate of drug-likeness (QED) is 0.852. The molecule has 7 heteroatoms. The molecule has 0 fully saturated rings. The van der Waals surface area contributed by atoms with Crippen LogP contribution in [-0.2, 0) is 15.9 Å². The highest BCUT2D eigenvalue weighted by atomic mass is 32.2. The Morgan fingerprint density at radius 2 is 2.06 bits per heavy atom. The molecule has 0 aromatic carbocycles. The van der Waals surface area contributed by atoms with Crippen molar-refractivity contribution in [1.82, 2.24) is 4.98 Å². The minimum Gasteiger partial charge on any atom is -0.251 e. The predicted molar refractivity (Wildman–Crippen MR) is 64.7 cm³/mol. The van der Waals surface area contributed by atoms with Crippen LogP contribution in [0.3, 0.4) is 0 Å². The van der Waals surface area contributed by atoms with Crippen LogP contribution < -0.4 is 0 Å². The first kappa shape index (κ1) is 14.9. The minimum absolute atomic E-state index is 0.405. The maximum atomic E-state index is 12.4. The summed E-state index contributed by atoms with van der Waals surface area (Å²) in [5, 5.41) is -0.405. The fraction of sp³-hybridized carbons (Fsp3) is 0.545. The molecule has 1 aromatic heterocycles. The molecule has 1 heterocycles. The predicted octanol–water partition coefficient (Wildman–Crippen LogP) is 3.28. The summed E-state index contributed by atoms with van der Waals surface area (Å²) < 4.78 is 53.1. The average Bonchev–Trinajstić information content (AvgIpc) is 2.29. The molecule has 1 rings (SSSR count). The van der Waals surface area contributed by atoms with Crippen LogP contribution in [0.5, 0.6) is 0 Å². The lowest BCUT2D eigenvalue weighted by Gasteiger charge is -2.17. The van der Waals surface area contributed by atoms with Gasteiger partial charge in [-0.1, -0.05) is 13.0 Å². The highest BCUT2D eigenvalue weighted by Crippen LogP contribution is 2.30. The first-order valence-corrected chi connectivity index (χ1v) is 7.33. The van der Waals surface area contributed by atoms with Crippen molar-refractivity contribution in [3.63, 3.8) is 0 Å². The lowest BCUT2D eigenvalue weighted by Crippen LogP contribution is -2.13. The van der Waals surface area contributed by atoms with E-state index < -0.39 is 26.8 Å². The van der Waals surface area contributed by atoms with Crippen LogP contribution in [0.2, 0.25) is 0 Å². The molecule has 102 valence electrons. The van der Waals surface area contributed by atoms with Crippen molar-refractivity contribution in [1.29, 1.82) is 0 Å². The molecule has 0 N–H and O–H groups in total. The van der Waals surface area contributed by atoms with Crippen molar-refractivity contribution in [2.75, 3.05) is 13.3 Å². The van der Waals surface area contributed by atoms with Crippen molar-refractivity contribution in [2.24, 2.45) is 4.36 Å². The number of rotatable bonds is 3. The molecule has 0 saturated heterocycles. The lowest BCUT2D eigenvalue weighted by atomic mass is 10.1. The average molecular weight is 280 g/mol. The first-order valence-electron chi connectivity index (χ1n) is 5.34. The standard InChI is InChI=1S/C11H15F3N2OS/c1-4-9(18(3,17)15-2)8-5-6-10(16-7-8)11(12,13)14/h5-7,9H,4H2,1-3H3. The number of pyridine rings is 1. The Hall–Kier alpha value is -1.11. The van der Waals surface area contributed by atoms with Crippen LogP contribution in [0.4, 0.5) is 13.2 Å². The maximum Gasteiger partial charge on any atom is 0.433 e. The summed E-state index contributed by atoms with van der Waals surface area (Å²) in [6, 6.07) is 2.22. The van der Waals surface area contributed by atoms with E-state index in [9.17, 15) is 17.4 Å². The molecule has 0 saturated carbocycles. The van der Waals surface area contributed by atoms with E-state index in [2.05, 4.69) is 9.35 Å². The largest absolute Gasteiger partial charge is 0.433 e. The maximum absolute atomic E-state index is 12.4. The molecule has 0 aliphatic rings. The summed E-state index contributed by atoms with van der Waals surface area (Å²) in [6.07, 6.45) is -1.30. The van der Waals surface area contributed by atoms with Crippen molar-refractivity contribution in [2.45, 2.75) is 24.8 Å². The van der Waals surface area contributed by atoms with E-state index in [0.29, 0.717) is 12.0 Å².